The van der Waals surface area contributed by atoms with Crippen LogP contribution in [0.25, 0.3) is 0 Å². The van der Waals surface area contributed by atoms with Crippen molar-refractivity contribution < 1.29 is 0 Å². The maximum absolute atomic E-state index is 2.49. The molecule has 13 heavy (non-hydrogen) atoms. The van der Waals surface area contributed by atoms with Crippen LogP contribution in [-0.2, 0) is 0 Å². The topological polar surface area (TPSA) is 0 Å². The van der Waals surface area contributed by atoms with Crippen LogP contribution in [0.3, 0.4) is 0 Å². The molecular weight excluding hydrogens is 156 g/mol. The average molecular weight is 180 g/mol. The Morgan fingerprint density at radius 1 is 0.769 bits per heavy atom. The summed E-state index contributed by atoms with van der Waals surface area (Å²) in [4.78, 5) is 0. The molecule has 0 saturated heterocycles. The second kappa shape index (κ2) is 2.74. The summed E-state index contributed by atoms with van der Waals surface area (Å²) in [6.45, 7) is 9.96. The van der Waals surface area contributed by atoms with Crippen LogP contribution >= 0.6 is 0 Å². The minimum atomic E-state index is 0.620. The van der Waals surface area contributed by atoms with E-state index in [-0.39, 0.29) is 0 Å². The van der Waals surface area contributed by atoms with E-state index < -0.39 is 0 Å². The number of fused-ring (bicyclic) bond motifs is 1. The lowest BCUT2D eigenvalue weighted by Gasteiger charge is -2.36. The Morgan fingerprint density at radius 3 is 1.54 bits per heavy atom. The van der Waals surface area contributed by atoms with Crippen molar-refractivity contribution in [3.63, 3.8) is 0 Å². The molecule has 0 nitrogen and oxygen atoms in total. The van der Waals surface area contributed by atoms with E-state index in [0.717, 1.165) is 11.8 Å². The molecule has 2 atom stereocenters. The molecule has 2 aliphatic rings. The molecule has 0 spiro atoms. The molecule has 2 fully saturated rings. The monoisotopic (exact) mass is 180 g/mol. The smallest absolute Gasteiger partial charge is 0.0318 e. The highest BCUT2D eigenvalue weighted by atomic mass is 14.6. The maximum Gasteiger partial charge on any atom is -0.0318 e. The molecule has 2 aliphatic carbocycles. The van der Waals surface area contributed by atoms with Gasteiger partial charge in [-0.2, -0.15) is 0 Å². The Hall–Kier alpha value is 0. The van der Waals surface area contributed by atoms with E-state index in [2.05, 4.69) is 27.7 Å². The van der Waals surface area contributed by atoms with E-state index in [0.29, 0.717) is 10.8 Å². The SMILES string of the molecule is CC1(C)CC(C)(C)C2CCCCC21. The molecule has 0 N–H and O–H groups in total. The Labute approximate surface area is 83.1 Å². The fourth-order valence-corrected chi connectivity index (χ4v) is 4.44. The van der Waals surface area contributed by atoms with Crippen molar-refractivity contribution in [1.29, 1.82) is 0 Å². The van der Waals surface area contributed by atoms with E-state index >= 15 is 0 Å². The van der Waals surface area contributed by atoms with E-state index in [4.69, 9.17) is 0 Å². The van der Waals surface area contributed by atoms with E-state index in [1.807, 2.05) is 0 Å². The third-order valence-corrected chi connectivity index (χ3v) is 4.68. The van der Waals surface area contributed by atoms with Crippen LogP contribution in [0.1, 0.15) is 59.8 Å². The number of hydrogen-bond donors (Lipinski definition) is 0. The van der Waals surface area contributed by atoms with Crippen LogP contribution in [0.4, 0.5) is 0 Å². The molecule has 0 radical (unpaired) electrons. The highest BCUT2D eigenvalue weighted by molar-refractivity contribution is 5.01. The summed E-state index contributed by atoms with van der Waals surface area (Å²) < 4.78 is 0. The predicted octanol–water partition coefficient (Wildman–Crippen LogP) is 4.25. The number of rotatable bonds is 0. The largest absolute Gasteiger partial charge is 0.0596 e. The van der Waals surface area contributed by atoms with Gasteiger partial charge >= 0.3 is 0 Å². The van der Waals surface area contributed by atoms with E-state index in [1.165, 1.54) is 32.1 Å². The van der Waals surface area contributed by atoms with Gasteiger partial charge < -0.3 is 0 Å². The van der Waals surface area contributed by atoms with E-state index in [1.54, 1.807) is 0 Å². The molecule has 76 valence electrons. The molecule has 0 heterocycles. The van der Waals surface area contributed by atoms with Crippen LogP contribution in [-0.4, -0.2) is 0 Å². The third-order valence-electron chi connectivity index (χ3n) is 4.68. The molecule has 0 bridgehead atoms. The van der Waals surface area contributed by atoms with Gasteiger partial charge in [0, 0.05) is 0 Å². The first kappa shape index (κ1) is 9.55. The van der Waals surface area contributed by atoms with Crippen LogP contribution < -0.4 is 0 Å². The number of hydrogen-bond acceptors (Lipinski definition) is 0. The second-order valence-electron chi connectivity index (χ2n) is 6.65. The Balaban J connectivity index is 2.25. The normalized spacial score (nSPS) is 41.5. The Kier molecular flexibility index (Phi) is 2.02. The van der Waals surface area contributed by atoms with Crippen molar-refractivity contribution in [2.24, 2.45) is 22.7 Å². The summed E-state index contributed by atoms with van der Waals surface area (Å²) in [5, 5.41) is 0. The van der Waals surface area contributed by atoms with Crippen molar-refractivity contribution in [2.75, 3.05) is 0 Å². The van der Waals surface area contributed by atoms with Gasteiger partial charge in [0.1, 0.15) is 0 Å². The van der Waals surface area contributed by atoms with Crippen LogP contribution in [0.5, 0.6) is 0 Å². The first-order chi connectivity index (χ1) is 5.93. The minimum Gasteiger partial charge on any atom is -0.0596 e. The summed E-state index contributed by atoms with van der Waals surface area (Å²) in [6.07, 6.45) is 7.42. The fraction of sp³-hybridized carbons (Fsp3) is 1.00. The zero-order valence-corrected chi connectivity index (χ0v) is 9.69. The molecule has 2 unspecified atom stereocenters. The van der Waals surface area contributed by atoms with Gasteiger partial charge in [0.2, 0.25) is 0 Å². The van der Waals surface area contributed by atoms with Crippen LogP contribution in [0.2, 0.25) is 0 Å². The lowest BCUT2D eigenvalue weighted by molar-refractivity contribution is 0.136. The summed E-state index contributed by atoms with van der Waals surface area (Å²) in [7, 11) is 0. The van der Waals surface area contributed by atoms with Crippen molar-refractivity contribution in [1.82, 2.24) is 0 Å². The maximum atomic E-state index is 2.49. The highest BCUT2D eigenvalue weighted by Gasteiger charge is 2.52. The van der Waals surface area contributed by atoms with Crippen molar-refractivity contribution in [2.45, 2.75) is 59.8 Å². The first-order valence-corrected chi connectivity index (χ1v) is 5.93. The summed E-state index contributed by atoms with van der Waals surface area (Å²) in [6, 6.07) is 0. The Morgan fingerprint density at radius 2 is 1.15 bits per heavy atom. The zero-order valence-electron chi connectivity index (χ0n) is 9.69. The quantitative estimate of drug-likeness (QED) is 0.523. The summed E-state index contributed by atoms with van der Waals surface area (Å²) in [5.41, 5.74) is 1.24. The molecule has 0 aromatic carbocycles. The highest BCUT2D eigenvalue weighted by Crippen LogP contribution is 2.61. The predicted molar refractivity (Wildman–Crippen MR) is 57.6 cm³/mol. The molecule has 0 aromatic rings. The minimum absolute atomic E-state index is 0.620. The van der Waals surface area contributed by atoms with Gasteiger partial charge in [-0.05, 0) is 41.9 Å². The standard InChI is InChI=1S/C13H24/c1-12(2)9-13(3,4)11-8-6-5-7-10(11)12/h10-11H,5-9H2,1-4H3. The van der Waals surface area contributed by atoms with E-state index in [9.17, 15) is 0 Å². The molecule has 2 rings (SSSR count). The average Bonchev–Trinajstić information content (AvgIpc) is 2.20. The summed E-state index contributed by atoms with van der Waals surface area (Å²) >= 11 is 0. The molecular formula is C13H24. The first-order valence-electron chi connectivity index (χ1n) is 5.93. The fourth-order valence-electron chi connectivity index (χ4n) is 4.44. The summed E-state index contributed by atoms with van der Waals surface area (Å²) in [5.74, 6) is 2.05. The van der Waals surface area contributed by atoms with Gasteiger partial charge in [0.25, 0.3) is 0 Å². The molecule has 0 aliphatic heterocycles. The Bertz CT molecular complexity index is 178. The zero-order chi connectivity index (χ0) is 9.69. The molecule has 0 aromatic heterocycles. The third kappa shape index (κ3) is 1.43. The molecule has 2 saturated carbocycles. The van der Waals surface area contributed by atoms with Gasteiger partial charge in [-0.15, -0.1) is 0 Å². The van der Waals surface area contributed by atoms with Gasteiger partial charge in [-0.25, -0.2) is 0 Å². The van der Waals surface area contributed by atoms with Gasteiger partial charge in [-0.3, -0.25) is 0 Å². The van der Waals surface area contributed by atoms with Gasteiger partial charge in [0.15, 0.2) is 0 Å². The molecule has 0 heteroatoms. The van der Waals surface area contributed by atoms with Gasteiger partial charge in [-0.1, -0.05) is 40.5 Å². The van der Waals surface area contributed by atoms with Gasteiger partial charge in [0.05, 0.1) is 0 Å². The van der Waals surface area contributed by atoms with Crippen molar-refractivity contribution >= 4 is 0 Å². The lowest BCUT2D eigenvalue weighted by Crippen LogP contribution is -2.27. The second-order valence-corrected chi connectivity index (χ2v) is 6.65. The van der Waals surface area contributed by atoms with Crippen LogP contribution in [0, 0.1) is 22.7 Å². The molecule has 0 amide bonds. The lowest BCUT2D eigenvalue weighted by atomic mass is 9.69. The van der Waals surface area contributed by atoms with Crippen molar-refractivity contribution in [3.05, 3.63) is 0 Å². The van der Waals surface area contributed by atoms with Crippen LogP contribution in [0.15, 0.2) is 0 Å². The van der Waals surface area contributed by atoms with Crippen molar-refractivity contribution in [3.8, 4) is 0 Å².